The average molecular weight is 385 g/mol. The summed E-state index contributed by atoms with van der Waals surface area (Å²) in [5, 5.41) is 3.21. The fraction of sp³-hybridized carbons (Fsp3) is 0.235. The van der Waals surface area contributed by atoms with E-state index in [0.717, 1.165) is 22.2 Å². The van der Waals surface area contributed by atoms with Gasteiger partial charge in [-0.3, -0.25) is 9.10 Å². The number of hydrogen-bond donors (Lipinski definition) is 1. The molecular weight excluding hydrogens is 367 g/mol. The van der Waals surface area contributed by atoms with Crippen molar-refractivity contribution in [2.45, 2.75) is 19.9 Å². The van der Waals surface area contributed by atoms with Gasteiger partial charge in [-0.1, -0.05) is 17.7 Å². The number of rotatable bonds is 5. The second-order valence-electron chi connectivity index (χ2n) is 5.66. The molecule has 0 saturated heterocycles. The summed E-state index contributed by atoms with van der Waals surface area (Å²) in [6, 6.07) is 8.95. The fourth-order valence-electron chi connectivity index (χ4n) is 2.43. The maximum Gasteiger partial charge on any atom is 0.248 e. The molecule has 0 spiro atoms. The van der Waals surface area contributed by atoms with Crippen LogP contribution in [0.2, 0.25) is 5.02 Å². The van der Waals surface area contributed by atoms with E-state index < -0.39 is 27.8 Å². The Labute approximate surface area is 151 Å². The third kappa shape index (κ3) is 4.70. The van der Waals surface area contributed by atoms with Crippen LogP contribution in [0, 0.1) is 12.7 Å². The van der Waals surface area contributed by atoms with Gasteiger partial charge in [-0.05, 0) is 55.8 Å². The lowest BCUT2D eigenvalue weighted by atomic mass is 10.2. The largest absolute Gasteiger partial charge is 0.324 e. The third-order valence-electron chi connectivity index (χ3n) is 3.60. The maximum absolute atomic E-state index is 13.5. The first-order chi connectivity index (χ1) is 11.6. The van der Waals surface area contributed by atoms with Gasteiger partial charge in [0.15, 0.2) is 0 Å². The molecule has 0 aromatic heterocycles. The summed E-state index contributed by atoms with van der Waals surface area (Å²) in [5.74, 6) is -1.13. The second kappa shape index (κ2) is 7.41. The number of carbonyl (C=O) groups excluding carboxylic acids is 1. The highest BCUT2D eigenvalue weighted by molar-refractivity contribution is 7.92. The predicted octanol–water partition coefficient (Wildman–Crippen LogP) is 3.58. The average Bonchev–Trinajstić information content (AvgIpc) is 2.48. The molecule has 0 radical (unpaired) electrons. The highest BCUT2D eigenvalue weighted by atomic mass is 35.5. The molecule has 0 aliphatic heterocycles. The van der Waals surface area contributed by atoms with Gasteiger partial charge in [0.25, 0.3) is 0 Å². The molecule has 8 heteroatoms. The molecule has 1 amide bonds. The zero-order valence-electron chi connectivity index (χ0n) is 14.0. The molecule has 0 unspecified atom stereocenters. The molecule has 25 heavy (non-hydrogen) atoms. The van der Waals surface area contributed by atoms with Gasteiger partial charge in [0.05, 0.1) is 11.9 Å². The standard InChI is InChI=1S/C17H18ClFN2O3S/c1-11-9-13(18)7-8-16(11)20-17(22)12(2)21(25(3,23)24)15-6-4-5-14(19)10-15/h4-10,12H,1-3H3,(H,20,22)/t12-/m1/s1. The first-order valence-electron chi connectivity index (χ1n) is 7.41. The zero-order chi connectivity index (χ0) is 18.8. The number of aryl methyl sites for hydroxylation is 1. The van der Waals surface area contributed by atoms with Crippen LogP contribution in [0.4, 0.5) is 15.8 Å². The molecule has 134 valence electrons. The maximum atomic E-state index is 13.5. The number of halogens is 2. The third-order valence-corrected chi connectivity index (χ3v) is 5.07. The van der Waals surface area contributed by atoms with Gasteiger partial charge in [-0.15, -0.1) is 0 Å². The summed E-state index contributed by atoms with van der Waals surface area (Å²) in [4.78, 5) is 12.6. The molecular formula is C17H18ClFN2O3S. The summed E-state index contributed by atoms with van der Waals surface area (Å²) < 4.78 is 38.7. The number of carbonyl (C=O) groups is 1. The van der Waals surface area contributed by atoms with Crippen LogP contribution in [-0.2, 0) is 14.8 Å². The number of hydrogen-bond acceptors (Lipinski definition) is 3. The monoisotopic (exact) mass is 384 g/mol. The van der Waals surface area contributed by atoms with Crippen LogP contribution in [0.1, 0.15) is 12.5 Å². The van der Waals surface area contributed by atoms with E-state index in [1.165, 1.54) is 25.1 Å². The van der Waals surface area contributed by atoms with E-state index in [-0.39, 0.29) is 5.69 Å². The van der Waals surface area contributed by atoms with Crippen molar-refractivity contribution in [3.05, 3.63) is 58.9 Å². The van der Waals surface area contributed by atoms with Crippen molar-refractivity contribution >= 4 is 38.9 Å². The lowest BCUT2D eigenvalue weighted by Crippen LogP contribution is -2.45. The van der Waals surface area contributed by atoms with Crippen LogP contribution in [0.3, 0.4) is 0 Å². The molecule has 0 aliphatic rings. The topological polar surface area (TPSA) is 66.5 Å². The van der Waals surface area contributed by atoms with Gasteiger partial charge in [0.1, 0.15) is 11.9 Å². The van der Waals surface area contributed by atoms with Crippen LogP contribution < -0.4 is 9.62 Å². The zero-order valence-corrected chi connectivity index (χ0v) is 15.5. The number of nitrogens with one attached hydrogen (secondary N) is 1. The summed E-state index contributed by atoms with van der Waals surface area (Å²) >= 11 is 5.89. The minimum absolute atomic E-state index is 0.0815. The lowest BCUT2D eigenvalue weighted by Gasteiger charge is -2.28. The number of sulfonamides is 1. The summed E-state index contributed by atoms with van der Waals surface area (Å²) in [5.41, 5.74) is 1.34. The Kier molecular flexibility index (Phi) is 5.69. The minimum Gasteiger partial charge on any atom is -0.324 e. The lowest BCUT2D eigenvalue weighted by molar-refractivity contribution is -0.116. The summed E-state index contributed by atoms with van der Waals surface area (Å²) in [6.45, 7) is 3.21. The smallest absolute Gasteiger partial charge is 0.248 e. The molecule has 5 nitrogen and oxygen atoms in total. The SMILES string of the molecule is Cc1cc(Cl)ccc1NC(=O)[C@@H](C)N(c1cccc(F)c1)S(C)(=O)=O. The van der Waals surface area contributed by atoms with Crippen molar-refractivity contribution in [2.24, 2.45) is 0 Å². The Morgan fingerprint density at radius 2 is 1.92 bits per heavy atom. The molecule has 0 bridgehead atoms. The van der Waals surface area contributed by atoms with Gasteiger partial charge in [0.2, 0.25) is 15.9 Å². The molecule has 0 fully saturated rings. The summed E-state index contributed by atoms with van der Waals surface area (Å²) in [6.07, 6.45) is 0.967. The van der Waals surface area contributed by atoms with Crippen LogP contribution in [0.5, 0.6) is 0 Å². The predicted molar refractivity (Wildman–Crippen MR) is 98.0 cm³/mol. The Morgan fingerprint density at radius 1 is 1.24 bits per heavy atom. The van der Waals surface area contributed by atoms with E-state index in [1.54, 1.807) is 25.1 Å². The molecule has 2 rings (SSSR count). The van der Waals surface area contributed by atoms with Crippen LogP contribution in [-0.4, -0.2) is 26.6 Å². The molecule has 0 aliphatic carbocycles. The second-order valence-corrected chi connectivity index (χ2v) is 7.96. The van der Waals surface area contributed by atoms with E-state index in [0.29, 0.717) is 10.7 Å². The van der Waals surface area contributed by atoms with Gasteiger partial charge in [-0.25, -0.2) is 12.8 Å². The van der Waals surface area contributed by atoms with Crippen molar-refractivity contribution in [1.82, 2.24) is 0 Å². The Hall–Kier alpha value is -2.12. The molecule has 1 atom stereocenters. The van der Waals surface area contributed by atoms with Crippen LogP contribution in [0.25, 0.3) is 0 Å². The molecule has 1 N–H and O–H groups in total. The van der Waals surface area contributed by atoms with Crippen LogP contribution >= 0.6 is 11.6 Å². The van der Waals surface area contributed by atoms with E-state index in [2.05, 4.69) is 5.32 Å². The van der Waals surface area contributed by atoms with E-state index in [9.17, 15) is 17.6 Å². The first-order valence-corrected chi connectivity index (χ1v) is 9.64. The number of anilines is 2. The Balaban J connectivity index is 2.33. The van der Waals surface area contributed by atoms with Gasteiger partial charge >= 0.3 is 0 Å². The first kappa shape index (κ1) is 19.2. The quantitative estimate of drug-likeness (QED) is 0.856. The van der Waals surface area contributed by atoms with E-state index in [1.807, 2.05) is 0 Å². The van der Waals surface area contributed by atoms with E-state index in [4.69, 9.17) is 11.6 Å². The number of benzene rings is 2. The highest BCUT2D eigenvalue weighted by Gasteiger charge is 2.29. The molecule has 2 aromatic carbocycles. The molecule has 2 aromatic rings. The van der Waals surface area contributed by atoms with Crippen LogP contribution in [0.15, 0.2) is 42.5 Å². The van der Waals surface area contributed by atoms with Gasteiger partial charge in [-0.2, -0.15) is 0 Å². The van der Waals surface area contributed by atoms with E-state index >= 15 is 0 Å². The van der Waals surface area contributed by atoms with Crippen molar-refractivity contribution in [3.63, 3.8) is 0 Å². The van der Waals surface area contributed by atoms with Gasteiger partial charge < -0.3 is 5.32 Å². The fourth-order valence-corrected chi connectivity index (χ4v) is 3.82. The van der Waals surface area contributed by atoms with Crippen molar-refractivity contribution < 1.29 is 17.6 Å². The number of amides is 1. The molecule has 0 saturated carbocycles. The summed E-state index contributed by atoms with van der Waals surface area (Å²) in [7, 11) is -3.80. The number of nitrogens with zero attached hydrogens (tertiary/aromatic N) is 1. The van der Waals surface area contributed by atoms with Gasteiger partial charge in [0, 0.05) is 10.7 Å². The highest BCUT2D eigenvalue weighted by Crippen LogP contribution is 2.24. The van der Waals surface area contributed by atoms with Crippen molar-refractivity contribution in [1.29, 1.82) is 0 Å². The normalized spacial score (nSPS) is 12.5. The minimum atomic E-state index is -3.80. The Bertz CT molecular complexity index is 903. The van der Waals surface area contributed by atoms with Crippen molar-refractivity contribution in [2.75, 3.05) is 15.9 Å². The van der Waals surface area contributed by atoms with Crippen molar-refractivity contribution in [3.8, 4) is 0 Å². The Morgan fingerprint density at radius 3 is 2.48 bits per heavy atom. The molecule has 0 heterocycles.